The maximum atomic E-state index is 4.45. The highest BCUT2D eigenvalue weighted by Crippen LogP contribution is 2.25. The van der Waals surface area contributed by atoms with Gasteiger partial charge in [0.2, 0.25) is 5.95 Å². The van der Waals surface area contributed by atoms with Crippen molar-refractivity contribution >= 4 is 33.4 Å². The summed E-state index contributed by atoms with van der Waals surface area (Å²) in [7, 11) is 0. The predicted octanol–water partition coefficient (Wildman–Crippen LogP) is 4.61. The van der Waals surface area contributed by atoms with E-state index in [2.05, 4.69) is 72.9 Å². The molecule has 2 aromatic carbocycles. The first kappa shape index (κ1) is 16.4. The van der Waals surface area contributed by atoms with Crippen molar-refractivity contribution in [1.82, 2.24) is 15.2 Å². The molecule has 0 fully saturated rings. The van der Waals surface area contributed by atoms with Gasteiger partial charge in [-0.2, -0.15) is 10.1 Å². The zero-order chi connectivity index (χ0) is 16.9. The van der Waals surface area contributed by atoms with E-state index < -0.39 is 0 Å². The van der Waals surface area contributed by atoms with E-state index in [4.69, 9.17) is 0 Å². The lowest BCUT2D eigenvalue weighted by molar-refractivity contribution is 0.965. The van der Waals surface area contributed by atoms with E-state index >= 15 is 0 Å². The minimum absolute atomic E-state index is 0.452. The summed E-state index contributed by atoms with van der Waals surface area (Å²) in [4.78, 5) is 4.45. The second-order valence-electron chi connectivity index (χ2n) is 5.61. The summed E-state index contributed by atoms with van der Waals surface area (Å²) in [6.45, 7) is 4.81. The van der Waals surface area contributed by atoms with Crippen molar-refractivity contribution in [2.45, 2.75) is 20.4 Å². The van der Waals surface area contributed by atoms with Gasteiger partial charge in [-0.15, -0.1) is 5.10 Å². The molecule has 0 aliphatic rings. The molecule has 24 heavy (non-hydrogen) atoms. The van der Waals surface area contributed by atoms with Gasteiger partial charge < -0.3 is 10.6 Å². The van der Waals surface area contributed by atoms with Crippen LogP contribution in [-0.2, 0) is 6.54 Å². The van der Waals surface area contributed by atoms with Gasteiger partial charge in [0.25, 0.3) is 0 Å². The highest BCUT2D eigenvalue weighted by Gasteiger charge is 2.05. The number of rotatable bonds is 5. The number of nitrogens with zero attached hydrogens (tertiary/aromatic N) is 3. The molecule has 2 N–H and O–H groups in total. The first-order chi connectivity index (χ1) is 11.6. The van der Waals surface area contributed by atoms with Gasteiger partial charge in [0.1, 0.15) is 0 Å². The average Bonchev–Trinajstić information content (AvgIpc) is 2.57. The summed E-state index contributed by atoms with van der Waals surface area (Å²) in [5.41, 5.74) is 4.52. The van der Waals surface area contributed by atoms with Crippen LogP contribution >= 0.6 is 15.9 Å². The van der Waals surface area contributed by atoms with Gasteiger partial charge in [-0.1, -0.05) is 35.9 Å². The molecule has 6 heteroatoms. The highest BCUT2D eigenvalue weighted by atomic mass is 79.9. The average molecular weight is 384 g/mol. The third-order valence-electron chi connectivity index (χ3n) is 3.52. The van der Waals surface area contributed by atoms with E-state index in [9.17, 15) is 0 Å². The standard InChI is InChI=1S/C18H18BrN5/c1-12-3-6-14(7-4-12)10-20-17-11-21-24-18(23-17)22-16-8-5-13(2)9-15(16)19/h3-9,11H,10H2,1-2H3,(H2,20,22,23,24). The van der Waals surface area contributed by atoms with Crippen LogP contribution in [0.5, 0.6) is 0 Å². The van der Waals surface area contributed by atoms with E-state index in [0.717, 1.165) is 10.2 Å². The Hall–Kier alpha value is -2.47. The lowest BCUT2D eigenvalue weighted by atomic mass is 10.1. The van der Waals surface area contributed by atoms with Crippen LogP contribution < -0.4 is 10.6 Å². The maximum Gasteiger partial charge on any atom is 0.249 e. The Morgan fingerprint density at radius 1 is 1.00 bits per heavy atom. The molecule has 0 saturated carbocycles. The molecule has 3 aromatic rings. The molecule has 1 heterocycles. The zero-order valence-electron chi connectivity index (χ0n) is 13.5. The number of hydrogen-bond acceptors (Lipinski definition) is 5. The molecule has 0 bridgehead atoms. The smallest absolute Gasteiger partial charge is 0.249 e. The summed E-state index contributed by atoms with van der Waals surface area (Å²) in [6, 6.07) is 14.4. The quantitative estimate of drug-likeness (QED) is 0.673. The van der Waals surface area contributed by atoms with Crippen LogP contribution in [-0.4, -0.2) is 15.2 Å². The van der Waals surface area contributed by atoms with Crippen LogP contribution in [0.4, 0.5) is 17.5 Å². The first-order valence-corrected chi connectivity index (χ1v) is 8.42. The first-order valence-electron chi connectivity index (χ1n) is 7.62. The zero-order valence-corrected chi connectivity index (χ0v) is 15.1. The van der Waals surface area contributed by atoms with Gasteiger partial charge in [0, 0.05) is 11.0 Å². The van der Waals surface area contributed by atoms with Crippen LogP contribution in [0.3, 0.4) is 0 Å². The number of anilines is 3. The van der Waals surface area contributed by atoms with Gasteiger partial charge in [-0.25, -0.2) is 0 Å². The molecule has 0 unspecified atom stereocenters. The molecule has 0 aliphatic heterocycles. The van der Waals surface area contributed by atoms with E-state index in [-0.39, 0.29) is 0 Å². The van der Waals surface area contributed by atoms with Crippen molar-refractivity contribution in [2.24, 2.45) is 0 Å². The lowest BCUT2D eigenvalue weighted by Gasteiger charge is -2.09. The van der Waals surface area contributed by atoms with Gasteiger partial charge in [0.05, 0.1) is 11.9 Å². The molecular weight excluding hydrogens is 366 g/mol. The fourth-order valence-electron chi connectivity index (χ4n) is 2.18. The van der Waals surface area contributed by atoms with Gasteiger partial charge >= 0.3 is 0 Å². The molecule has 5 nitrogen and oxygen atoms in total. The normalized spacial score (nSPS) is 10.5. The largest absolute Gasteiger partial charge is 0.365 e. The van der Waals surface area contributed by atoms with Gasteiger partial charge in [-0.05, 0) is 53.0 Å². The SMILES string of the molecule is Cc1ccc(CNc2cnnc(Nc3ccc(C)cc3Br)n2)cc1. The summed E-state index contributed by atoms with van der Waals surface area (Å²) in [6.07, 6.45) is 1.61. The van der Waals surface area contributed by atoms with Crippen LogP contribution in [0.25, 0.3) is 0 Å². The maximum absolute atomic E-state index is 4.45. The molecule has 0 atom stereocenters. The minimum atomic E-state index is 0.452. The second kappa shape index (κ2) is 7.40. The molecule has 0 saturated heterocycles. The Kier molecular flexibility index (Phi) is 5.05. The molecule has 122 valence electrons. The van der Waals surface area contributed by atoms with Crippen molar-refractivity contribution < 1.29 is 0 Å². The fraction of sp³-hybridized carbons (Fsp3) is 0.167. The Morgan fingerprint density at radius 3 is 2.50 bits per heavy atom. The van der Waals surface area contributed by atoms with E-state index in [1.807, 2.05) is 25.1 Å². The van der Waals surface area contributed by atoms with Crippen molar-refractivity contribution in [3.8, 4) is 0 Å². The van der Waals surface area contributed by atoms with Crippen molar-refractivity contribution in [2.75, 3.05) is 10.6 Å². The Morgan fingerprint density at radius 2 is 1.75 bits per heavy atom. The Bertz CT molecular complexity index is 833. The summed E-state index contributed by atoms with van der Waals surface area (Å²) >= 11 is 3.54. The number of aryl methyl sites for hydroxylation is 2. The topological polar surface area (TPSA) is 62.7 Å². The molecule has 0 amide bonds. The van der Waals surface area contributed by atoms with Crippen LogP contribution in [0.2, 0.25) is 0 Å². The third kappa shape index (κ3) is 4.29. The summed E-state index contributed by atoms with van der Waals surface area (Å²) < 4.78 is 0.962. The molecule has 0 spiro atoms. The summed E-state index contributed by atoms with van der Waals surface area (Å²) in [5.74, 6) is 1.13. The number of benzene rings is 2. The van der Waals surface area contributed by atoms with Crippen LogP contribution in [0.15, 0.2) is 53.1 Å². The molecule has 3 rings (SSSR count). The fourth-order valence-corrected chi connectivity index (χ4v) is 2.77. The van der Waals surface area contributed by atoms with E-state index in [1.165, 1.54) is 16.7 Å². The second-order valence-corrected chi connectivity index (χ2v) is 6.47. The van der Waals surface area contributed by atoms with Crippen molar-refractivity contribution in [1.29, 1.82) is 0 Å². The molecule has 0 aliphatic carbocycles. The minimum Gasteiger partial charge on any atom is -0.365 e. The number of nitrogens with one attached hydrogen (secondary N) is 2. The number of aromatic nitrogens is 3. The molecular formula is C18H18BrN5. The summed E-state index contributed by atoms with van der Waals surface area (Å²) in [5, 5.41) is 14.5. The highest BCUT2D eigenvalue weighted by molar-refractivity contribution is 9.10. The van der Waals surface area contributed by atoms with Crippen LogP contribution in [0.1, 0.15) is 16.7 Å². The monoisotopic (exact) mass is 383 g/mol. The van der Waals surface area contributed by atoms with Crippen LogP contribution in [0, 0.1) is 13.8 Å². The van der Waals surface area contributed by atoms with Crippen molar-refractivity contribution in [3.05, 3.63) is 69.8 Å². The Labute approximate surface area is 149 Å². The Balaban J connectivity index is 1.68. The lowest BCUT2D eigenvalue weighted by Crippen LogP contribution is -2.06. The predicted molar refractivity (Wildman–Crippen MR) is 100 cm³/mol. The van der Waals surface area contributed by atoms with Crippen molar-refractivity contribution in [3.63, 3.8) is 0 Å². The van der Waals surface area contributed by atoms with E-state index in [0.29, 0.717) is 18.3 Å². The third-order valence-corrected chi connectivity index (χ3v) is 4.18. The van der Waals surface area contributed by atoms with Gasteiger partial charge in [0.15, 0.2) is 5.82 Å². The number of halogens is 1. The van der Waals surface area contributed by atoms with E-state index in [1.54, 1.807) is 6.20 Å². The number of hydrogen-bond donors (Lipinski definition) is 2. The molecule has 0 radical (unpaired) electrons. The van der Waals surface area contributed by atoms with Gasteiger partial charge in [-0.3, -0.25) is 0 Å². The molecule has 1 aromatic heterocycles.